The van der Waals surface area contributed by atoms with Crippen LogP contribution in [0.1, 0.15) is 51.0 Å². The molecule has 1 aromatic heterocycles. The lowest BCUT2D eigenvalue weighted by Crippen LogP contribution is -2.42. The topological polar surface area (TPSA) is 64.3 Å². The number of piperidine rings is 2. The molecule has 2 saturated heterocycles. The lowest BCUT2D eigenvalue weighted by Gasteiger charge is -2.33. The van der Waals surface area contributed by atoms with E-state index in [-0.39, 0.29) is 11.8 Å². The van der Waals surface area contributed by atoms with E-state index in [4.69, 9.17) is 4.98 Å². The van der Waals surface area contributed by atoms with Crippen molar-refractivity contribution in [1.82, 2.24) is 20.2 Å². The molecule has 6 heteroatoms. The predicted molar refractivity (Wildman–Crippen MR) is 118 cm³/mol. The lowest BCUT2D eigenvalue weighted by atomic mass is 9.96. The molecule has 3 heterocycles. The molecule has 4 rings (SSSR count). The van der Waals surface area contributed by atoms with Crippen LogP contribution in [-0.2, 0) is 4.79 Å². The standard InChI is InChI=1S/C23H35N5O/c1-17-7-8-20-21(16-17)26-23(25-20)28-14-9-19(10-15-28)22(29)24-11-5-13-27-12-4-3-6-18(27)2/h7-8,16,18-19H,3-6,9-15H2,1-2H3,(H,24,29)(H,25,26). The Morgan fingerprint density at radius 3 is 2.83 bits per heavy atom. The number of carbonyl (C=O) groups is 1. The van der Waals surface area contributed by atoms with E-state index in [0.717, 1.165) is 62.4 Å². The molecular weight excluding hydrogens is 362 g/mol. The average molecular weight is 398 g/mol. The van der Waals surface area contributed by atoms with Crippen molar-refractivity contribution < 1.29 is 4.79 Å². The smallest absolute Gasteiger partial charge is 0.223 e. The van der Waals surface area contributed by atoms with Gasteiger partial charge in [0.25, 0.3) is 0 Å². The highest BCUT2D eigenvalue weighted by Gasteiger charge is 2.26. The van der Waals surface area contributed by atoms with Gasteiger partial charge in [-0.2, -0.15) is 0 Å². The molecule has 1 atom stereocenters. The number of aromatic amines is 1. The number of hydrogen-bond donors (Lipinski definition) is 2. The maximum absolute atomic E-state index is 12.6. The summed E-state index contributed by atoms with van der Waals surface area (Å²) in [7, 11) is 0. The number of nitrogens with zero attached hydrogens (tertiary/aromatic N) is 3. The van der Waals surface area contributed by atoms with E-state index in [0.29, 0.717) is 6.04 Å². The fourth-order valence-electron chi connectivity index (χ4n) is 4.74. The zero-order valence-electron chi connectivity index (χ0n) is 17.9. The third kappa shape index (κ3) is 4.92. The van der Waals surface area contributed by atoms with E-state index in [9.17, 15) is 4.79 Å². The minimum atomic E-state index is 0.131. The molecule has 0 saturated carbocycles. The van der Waals surface area contributed by atoms with Gasteiger partial charge in [-0.25, -0.2) is 4.98 Å². The number of amides is 1. The van der Waals surface area contributed by atoms with E-state index in [1.807, 2.05) is 0 Å². The highest BCUT2D eigenvalue weighted by molar-refractivity contribution is 5.80. The van der Waals surface area contributed by atoms with E-state index >= 15 is 0 Å². The van der Waals surface area contributed by atoms with Crippen molar-refractivity contribution in [3.05, 3.63) is 23.8 Å². The Balaban J connectivity index is 1.20. The Morgan fingerprint density at radius 2 is 2.03 bits per heavy atom. The summed E-state index contributed by atoms with van der Waals surface area (Å²) in [5, 5.41) is 3.18. The van der Waals surface area contributed by atoms with Crippen LogP contribution in [0.4, 0.5) is 5.95 Å². The lowest BCUT2D eigenvalue weighted by molar-refractivity contribution is -0.125. The number of fused-ring (bicyclic) bond motifs is 1. The van der Waals surface area contributed by atoms with Gasteiger partial charge in [-0.3, -0.25) is 4.79 Å². The summed E-state index contributed by atoms with van der Waals surface area (Å²) in [6.45, 7) is 9.29. The maximum Gasteiger partial charge on any atom is 0.223 e. The molecule has 2 N–H and O–H groups in total. The van der Waals surface area contributed by atoms with Gasteiger partial charge in [-0.15, -0.1) is 0 Å². The van der Waals surface area contributed by atoms with Crippen molar-refractivity contribution in [2.45, 2.75) is 58.4 Å². The Hall–Kier alpha value is -2.08. The number of hydrogen-bond acceptors (Lipinski definition) is 4. The molecule has 1 unspecified atom stereocenters. The molecule has 2 aliphatic rings. The third-order valence-corrected chi connectivity index (χ3v) is 6.65. The monoisotopic (exact) mass is 397 g/mol. The minimum absolute atomic E-state index is 0.131. The average Bonchev–Trinajstić information content (AvgIpc) is 3.15. The van der Waals surface area contributed by atoms with Crippen LogP contribution in [0, 0.1) is 12.8 Å². The van der Waals surface area contributed by atoms with Gasteiger partial charge in [0.1, 0.15) is 0 Å². The molecule has 1 amide bonds. The Kier molecular flexibility index (Phi) is 6.38. The van der Waals surface area contributed by atoms with E-state index in [1.54, 1.807) is 0 Å². The second-order valence-electron chi connectivity index (χ2n) is 8.87. The highest BCUT2D eigenvalue weighted by atomic mass is 16.1. The number of carbonyl (C=O) groups excluding carboxylic acids is 1. The first kappa shape index (κ1) is 20.2. The number of H-pyrrole nitrogens is 1. The number of likely N-dealkylation sites (tertiary alicyclic amines) is 1. The molecule has 0 spiro atoms. The van der Waals surface area contributed by atoms with Gasteiger partial charge < -0.3 is 20.1 Å². The van der Waals surface area contributed by atoms with Crippen LogP contribution in [-0.4, -0.2) is 59.5 Å². The molecule has 0 bridgehead atoms. The minimum Gasteiger partial charge on any atom is -0.356 e. The Labute approximate surface area is 174 Å². The first-order chi connectivity index (χ1) is 14.1. The molecule has 6 nitrogen and oxygen atoms in total. The number of rotatable bonds is 6. The van der Waals surface area contributed by atoms with Crippen LogP contribution in [0.25, 0.3) is 11.0 Å². The maximum atomic E-state index is 12.6. The first-order valence-electron chi connectivity index (χ1n) is 11.3. The summed E-state index contributed by atoms with van der Waals surface area (Å²) in [5.74, 6) is 1.29. The first-order valence-corrected chi connectivity index (χ1v) is 11.3. The predicted octanol–water partition coefficient (Wildman–Crippen LogP) is 3.47. The molecule has 1 aromatic carbocycles. The van der Waals surface area contributed by atoms with Crippen LogP contribution < -0.4 is 10.2 Å². The van der Waals surface area contributed by atoms with Crippen LogP contribution in [0.15, 0.2) is 18.2 Å². The Bertz CT molecular complexity index is 824. The summed E-state index contributed by atoms with van der Waals surface area (Å²) in [4.78, 5) is 25.6. The second kappa shape index (κ2) is 9.16. The van der Waals surface area contributed by atoms with Gasteiger partial charge in [0.15, 0.2) is 0 Å². The van der Waals surface area contributed by atoms with Gasteiger partial charge in [0.2, 0.25) is 11.9 Å². The van der Waals surface area contributed by atoms with Crippen LogP contribution in [0.5, 0.6) is 0 Å². The highest BCUT2D eigenvalue weighted by Crippen LogP contribution is 2.24. The third-order valence-electron chi connectivity index (χ3n) is 6.65. The molecule has 2 aliphatic heterocycles. The number of anilines is 1. The summed E-state index contributed by atoms with van der Waals surface area (Å²) in [5.41, 5.74) is 3.33. The van der Waals surface area contributed by atoms with E-state index < -0.39 is 0 Å². The van der Waals surface area contributed by atoms with Gasteiger partial charge in [0, 0.05) is 38.1 Å². The second-order valence-corrected chi connectivity index (χ2v) is 8.87. The van der Waals surface area contributed by atoms with Gasteiger partial charge in [0.05, 0.1) is 11.0 Å². The Morgan fingerprint density at radius 1 is 1.21 bits per heavy atom. The van der Waals surface area contributed by atoms with Crippen LogP contribution in [0.3, 0.4) is 0 Å². The molecule has 0 radical (unpaired) electrons. The number of nitrogens with one attached hydrogen (secondary N) is 2. The van der Waals surface area contributed by atoms with Gasteiger partial charge >= 0.3 is 0 Å². The summed E-state index contributed by atoms with van der Waals surface area (Å²) in [6, 6.07) is 6.99. The van der Waals surface area contributed by atoms with Gasteiger partial charge in [-0.1, -0.05) is 12.5 Å². The van der Waals surface area contributed by atoms with E-state index in [2.05, 4.69) is 52.1 Å². The van der Waals surface area contributed by atoms with E-state index in [1.165, 1.54) is 31.4 Å². The SMILES string of the molecule is Cc1ccc2nc(N3CCC(C(=O)NCCCN4CCCCC4C)CC3)[nH]c2c1. The summed E-state index contributed by atoms with van der Waals surface area (Å²) in [6.07, 6.45) is 6.83. The largest absolute Gasteiger partial charge is 0.356 e. The van der Waals surface area contributed by atoms with Crippen molar-refractivity contribution in [3.8, 4) is 0 Å². The van der Waals surface area contributed by atoms with Crippen molar-refractivity contribution >= 4 is 22.9 Å². The molecule has 0 aliphatic carbocycles. The summed E-state index contributed by atoms with van der Waals surface area (Å²) >= 11 is 0. The molecular formula is C23H35N5O. The zero-order chi connectivity index (χ0) is 20.2. The van der Waals surface area contributed by atoms with Gasteiger partial charge in [-0.05, 0) is 70.2 Å². The van der Waals surface area contributed by atoms with Crippen LogP contribution in [0.2, 0.25) is 0 Å². The molecule has 2 aromatic rings. The normalized spacial score (nSPS) is 21.6. The quantitative estimate of drug-likeness (QED) is 0.733. The van der Waals surface area contributed by atoms with Crippen molar-refractivity contribution in [3.63, 3.8) is 0 Å². The molecule has 29 heavy (non-hydrogen) atoms. The van der Waals surface area contributed by atoms with Crippen LogP contribution >= 0.6 is 0 Å². The summed E-state index contributed by atoms with van der Waals surface area (Å²) < 4.78 is 0. The number of aromatic nitrogens is 2. The van der Waals surface area contributed by atoms with Crippen molar-refractivity contribution in [2.75, 3.05) is 37.6 Å². The zero-order valence-corrected chi connectivity index (χ0v) is 17.9. The number of imidazole rings is 1. The number of aryl methyl sites for hydroxylation is 1. The van der Waals surface area contributed by atoms with Crippen molar-refractivity contribution in [1.29, 1.82) is 0 Å². The van der Waals surface area contributed by atoms with Crippen molar-refractivity contribution in [2.24, 2.45) is 5.92 Å². The fraction of sp³-hybridized carbons (Fsp3) is 0.652. The molecule has 2 fully saturated rings. The number of benzene rings is 1. The fourth-order valence-corrected chi connectivity index (χ4v) is 4.74. The molecule has 158 valence electrons.